The van der Waals surface area contributed by atoms with Gasteiger partial charge in [-0.3, -0.25) is 14.6 Å². The number of hydrogen-bond donors (Lipinski definition) is 1. The molecule has 1 aromatic heterocycles. The van der Waals surface area contributed by atoms with Crippen LogP contribution in [0.25, 0.3) is 0 Å². The highest BCUT2D eigenvalue weighted by Gasteiger charge is 2.20. The van der Waals surface area contributed by atoms with Gasteiger partial charge in [-0.2, -0.15) is 0 Å². The number of carbonyl (C=O) groups excluding carboxylic acids is 3. The Hall–Kier alpha value is -3.26. The molecule has 27 heavy (non-hydrogen) atoms. The van der Waals surface area contributed by atoms with Crippen LogP contribution >= 0.6 is 0 Å². The van der Waals surface area contributed by atoms with Gasteiger partial charge in [0.1, 0.15) is 0 Å². The van der Waals surface area contributed by atoms with Crippen LogP contribution in [0.1, 0.15) is 31.1 Å². The zero-order valence-corrected chi connectivity index (χ0v) is 14.8. The number of carbonyl (C=O) groups is 3. The molecule has 0 atom stereocenters. The predicted octanol–water partition coefficient (Wildman–Crippen LogP) is 1.59. The number of pyridine rings is 1. The van der Waals surface area contributed by atoms with E-state index in [0.29, 0.717) is 43.1 Å². The normalized spacial score (nSPS) is 13.7. The fourth-order valence-electron chi connectivity index (χ4n) is 2.68. The monoisotopic (exact) mass is 369 g/mol. The second kappa shape index (κ2) is 8.41. The van der Waals surface area contributed by atoms with Crippen molar-refractivity contribution in [3.63, 3.8) is 0 Å². The first-order valence-corrected chi connectivity index (χ1v) is 8.40. The molecule has 1 fully saturated rings. The second-order valence-electron chi connectivity index (χ2n) is 5.89. The molecule has 0 bridgehead atoms. The number of methoxy groups -OCH3 is 1. The standard InChI is InChI=1S/C19H19N3O5/c1-26-19(25)13-3-2-4-16(10-13)21-17(23)14-9-15(12-20-11-14)18(24)22-5-7-27-8-6-22/h2-4,9-12H,5-8H2,1H3,(H,21,23). The molecular formula is C19H19N3O5. The number of anilines is 1. The smallest absolute Gasteiger partial charge is 0.337 e. The summed E-state index contributed by atoms with van der Waals surface area (Å²) in [4.78, 5) is 42.3. The quantitative estimate of drug-likeness (QED) is 0.822. The van der Waals surface area contributed by atoms with Crippen molar-refractivity contribution < 1.29 is 23.9 Å². The molecule has 1 aliphatic heterocycles. The van der Waals surface area contributed by atoms with Crippen LogP contribution < -0.4 is 5.32 Å². The molecule has 0 radical (unpaired) electrons. The van der Waals surface area contributed by atoms with Crippen molar-refractivity contribution in [2.75, 3.05) is 38.7 Å². The van der Waals surface area contributed by atoms with Crippen molar-refractivity contribution in [3.8, 4) is 0 Å². The third-order valence-electron chi connectivity index (χ3n) is 4.09. The van der Waals surface area contributed by atoms with Gasteiger partial charge in [-0.25, -0.2) is 4.79 Å². The zero-order chi connectivity index (χ0) is 19.2. The number of nitrogens with zero attached hydrogens (tertiary/aromatic N) is 2. The first kappa shape index (κ1) is 18.5. The minimum absolute atomic E-state index is 0.187. The summed E-state index contributed by atoms with van der Waals surface area (Å²) >= 11 is 0. The lowest BCUT2D eigenvalue weighted by Crippen LogP contribution is -2.40. The predicted molar refractivity (Wildman–Crippen MR) is 96.7 cm³/mol. The molecule has 0 aliphatic carbocycles. The minimum Gasteiger partial charge on any atom is -0.465 e. The van der Waals surface area contributed by atoms with E-state index in [1.54, 1.807) is 23.1 Å². The fraction of sp³-hybridized carbons (Fsp3) is 0.263. The van der Waals surface area contributed by atoms with Crippen molar-refractivity contribution in [1.82, 2.24) is 9.88 Å². The minimum atomic E-state index is -0.495. The van der Waals surface area contributed by atoms with Crippen LogP contribution in [0.4, 0.5) is 5.69 Å². The van der Waals surface area contributed by atoms with Gasteiger partial charge >= 0.3 is 5.97 Å². The van der Waals surface area contributed by atoms with Crippen LogP contribution in [0.15, 0.2) is 42.7 Å². The van der Waals surface area contributed by atoms with Crippen LogP contribution in [0.5, 0.6) is 0 Å². The van der Waals surface area contributed by atoms with Gasteiger partial charge in [0.2, 0.25) is 0 Å². The van der Waals surface area contributed by atoms with E-state index in [2.05, 4.69) is 15.0 Å². The SMILES string of the molecule is COC(=O)c1cccc(NC(=O)c2cncc(C(=O)N3CCOCC3)c2)c1. The zero-order valence-electron chi connectivity index (χ0n) is 14.8. The Bertz CT molecular complexity index is 862. The van der Waals surface area contributed by atoms with Crippen molar-refractivity contribution in [2.45, 2.75) is 0 Å². The summed E-state index contributed by atoms with van der Waals surface area (Å²) in [7, 11) is 1.29. The Labute approximate surface area is 156 Å². The van der Waals surface area contributed by atoms with Crippen LogP contribution in [-0.2, 0) is 9.47 Å². The maximum atomic E-state index is 12.5. The Balaban J connectivity index is 1.74. The number of nitrogens with one attached hydrogen (secondary N) is 1. The molecule has 1 aliphatic rings. The van der Waals surface area contributed by atoms with Crippen molar-refractivity contribution in [2.24, 2.45) is 0 Å². The molecule has 140 valence electrons. The maximum Gasteiger partial charge on any atom is 0.337 e. The summed E-state index contributed by atoms with van der Waals surface area (Å²) in [6.07, 6.45) is 2.82. The highest BCUT2D eigenvalue weighted by Crippen LogP contribution is 2.14. The lowest BCUT2D eigenvalue weighted by Gasteiger charge is -2.26. The summed E-state index contributed by atoms with van der Waals surface area (Å²) in [5.74, 6) is -1.11. The third-order valence-corrected chi connectivity index (χ3v) is 4.09. The van der Waals surface area contributed by atoms with E-state index in [-0.39, 0.29) is 11.5 Å². The van der Waals surface area contributed by atoms with Crippen molar-refractivity contribution in [3.05, 3.63) is 59.4 Å². The van der Waals surface area contributed by atoms with Gasteiger partial charge in [0.05, 0.1) is 37.0 Å². The summed E-state index contributed by atoms with van der Waals surface area (Å²) in [5, 5.41) is 2.69. The van der Waals surface area contributed by atoms with Gasteiger partial charge in [-0.1, -0.05) is 6.07 Å². The van der Waals surface area contributed by atoms with E-state index in [1.165, 1.54) is 31.6 Å². The third kappa shape index (κ3) is 4.48. The molecule has 0 saturated carbocycles. The summed E-state index contributed by atoms with van der Waals surface area (Å²) in [5.41, 5.74) is 1.35. The number of benzene rings is 1. The molecule has 3 rings (SSSR count). The second-order valence-corrected chi connectivity index (χ2v) is 5.89. The molecule has 8 heteroatoms. The fourth-order valence-corrected chi connectivity index (χ4v) is 2.68. The highest BCUT2D eigenvalue weighted by atomic mass is 16.5. The van der Waals surface area contributed by atoms with E-state index in [1.807, 2.05) is 0 Å². The number of aromatic nitrogens is 1. The summed E-state index contributed by atoms with van der Waals surface area (Å²) in [6.45, 7) is 2.01. The van der Waals surface area contributed by atoms with Crippen LogP contribution in [0.3, 0.4) is 0 Å². The molecule has 2 heterocycles. The van der Waals surface area contributed by atoms with E-state index in [4.69, 9.17) is 4.74 Å². The molecule has 0 unspecified atom stereocenters. The molecule has 1 aromatic carbocycles. The van der Waals surface area contributed by atoms with E-state index >= 15 is 0 Å². The van der Waals surface area contributed by atoms with Gasteiger partial charge in [0.15, 0.2) is 0 Å². The number of morpholine rings is 1. The van der Waals surface area contributed by atoms with Crippen molar-refractivity contribution in [1.29, 1.82) is 0 Å². The van der Waals surface area contributed by atoms with Gasteiger partial charge in [-0.05, 0) is 24.3 Å². The molecule has 1 N–H and O–H groups in total. The van der Waals surface area contributed by atoms with Crippen LogP contribution in [0, 0.1) is 0 Å². The molecular weight excluding hydrogens is 350 g/mol. The summed E-state index contributed by atoms with van der Waals surface area (Å²) < 4.78 is 9.91. The maximum absolute atomic E-state index is 12.5. The van der Waals surface area contributed by atoms with Crippen molar-refractivity contribution >= 4 is 23.5 Å². The number of amides is 2. The first-order chi connectivity index (χ1) is 13.1. The molecule has 2 amide bonds. The van der Waals surface area contributed by atoms with Gasteiger partial charge in [-0.15, -0.1) is 0 Å². The number of hydrogen-bond acceptors (Lipinski definition) is 6. The van der Waals surface area contributed by atoms with Crippen LogP contribution in [0.2, 0.25) is 0 Å². The lowest BCUT2D eigenvalue weighted by atomic mass is 10.1. The summed E-state index contributed by atoms with van der Waals surface area (Å²) in [6, 6.07) is 7.90. The lowest BCUT2D eigenvalue weighted by molar-refractivity contribution is 0.0302. The van der Waals surface area contributed by atoms with E-state index in [9.17, 15) is 14.4 Å². The van der Waals surface area contributed by atoms with E-state index in [0.717, 1.165) is 0 Å². The molecule has 2 aromatic rings. The Morgan fingerprint density at radius 1 is 1.07 bits per heavy atom. The average molecular weight is 369 g/mol. The largest absolute Gasteiger partial charge is 0.465 e. The number of ether oxygens (including phenoxy) is 2. The molecule has 1 saturated heterocycles. The Kier molecular flexibility index (Phi) is 5.77. The van der Waals surface area contributed by atoms with Gasteiger partial charge in [0, 0.05) is 31.2 Å². The van der Waals surface area contributed by atoms with E-state index < -0.39 is 11.9 Å². The average Bonchev–Trinajstić information content (AvgIpc) is 2.73. The van der Waals surface area contributed by atoms with Gasteiger partial charge in [0.25, 0.3) is 11.8 Å². The highest BCUT2D eigenvalue weighted by molar-refractivity contribution is 6.06. The first-order valence-electron chi connectivity index (χ1n) is 8.40. The number of esters is 1. The van der Waals surface area contributed by atoms with Gasteiger partial charge < -0.3 is 19.7 Å². The molecule has 8 nitrogen and oxygen atoms in total. The number of rotatable bonds is 4. The topological polar surface area (TPSA) is 97.8 Å². The Morgan fingerprint density at radius 3 is 2.56 bits per heavy atom. The Morgan fingerprint density at radius 2 is 1.81 bits per heavy atom. The van der Waals surface area contributed by atoms with Crippen LogP contribution in [-0.4, -0.2) is 61.1 Å². The molecule has 0 spiro atoms.